The first-order valence-electron chi connectivity index (χ1n) is 3.81. The Morgan fingerprint density at radius 3 is 3.18 bits per heavy atom. The summed E-state index contributed by atoms with van der Waals surface area (Å²) in [6.45, 7) is 4.80. The molecule has 0 aromatic heterocycles. The highest BCUT2D eigenvalue weighted by atomic mass is 14.7. The molecule has 1 radical (unpaired) electrons. The number of hydrogen-bond donors (Lipinski definition) is 0. The van der Waals surface area contributed by atoms with E-state index in [1.54, 1.807) is 0 Å². The first kappa shape index (κ1) is 6.59. The summed E-state index contributed by atoms with van der Waals surface area (Å²) < 4.78 is 0. The summed E-state index contributed by atoms with van der Waals surface area (Å²) in [6.07, 6.45) is 3.01. The van der Waals surface area contributed by atoms with E-state index in [1.807, 2.05) is 6.21 Å². The van der Waals surface area contributed by atoms with Crippen LogP contribution in [0, 0.1) is 6.92 Å². The van der Waals surface area contributed by atoms with Crippen LogP contribution in [0.1, 0.15) is 16.7 Å². The van der Waals surface area contributed by atoms with Crippen LogP contribution in [-0.4, -0.2) is 12.8 Å². The van der Waals surface area contributed by atoms with Crippen molar-refractivity contribution in [1.82, 2.24) is 0 Å². The van der Waals surface area contributed by atoms with Gasteiger partial charge in [0.15, 0.2) is 0 Å². The van der Waals surface area contributed by atoms with Gasteiger partial charge in [-0.15, -0.1) is 0 Å². The van der Waals surface area contributed by atoms with Crippen molar-refractivity contribution in [3.05, 3.63) is 41.8 Å². The second kappa shape index (κ2) is 2.50. The molecule has 1 aliphatic heterocycles. The van der Waals surface area contributed by atoms with Crippen molar-refractivity contribution in [2.24, 2.45) is 4.99 Å². The number of rotatable bonds is 0. The molecule has 1 aromatic rings. The second-order valence-corrected chi connectivity index (χ2v) is 2.82. The predicted octanol–water partition coefficient (Wildman–Crippen LogP) is 1.84. The van der Waals surface area contributed by atoms with Crippen LogP contribution in [0.3, 0.4) is 0 Å². The second-order valence-electron chi connectivity index (χ2n) is 2.82. The molecule has 0 amide bonds. The Kier molecular flexibility index (Phi) is 1.50. The van der Waals surface area contributed by atoms with E-state index in [9.17, 15) is 0 Å². The number of fused-ring (bicyclic) bond motifs is 1. The monoisotopic (exact) mass is 144 g/mol. The molecule has 0 fully saturated rings. The van der Waals surface area contributed by atoms with Gasteiger partial charge < -0.3 is 0 Å². The van der Waals surface area contributed by atoms with Crippen LogP contribution >= 0.6 is 0 Å². The number of hydrogen-bond acceptors (Lipinski definition) is 1. The van der Waals surface area contributed by atoms with Crippen molar-refractivity contribution in [2.45, 2.75) is 6.42 Å². The molecule has 1 heterocycles. The van der Waals surface area contributed by atoms with Crippen molar-refractivity contribution < 1.29 is 0 Å². The third kappa shape index (κ3) is 1.18. The maximum atomic E-state index is 4.21. The highest BCUT2D eigenvalue weighted by molar-refractivity contribution is 5.83. The predicted molar refractivity (Wildman–Crippen MR) is 47.1 cm³/mol. The summed E-state index contributed by atoms with van der Waals surface area (Å²) >= 11 is 0. The van der Waals surface area contributed by atoms with Crippen LogP contribution in [-0.2, 0) is 6.42 Å². The van der Waals surface area contributed by atoms with Crippen molar-refractivity contribution in [1.29, 1.82) is 0 Å². The standard InChI is InChI=1S/C10H10N/c1-8-2-3-9-4-5-11-7-10(9)6-8/h2-3,6-7H,1,4-5H2. The highest BCUT2D eigenvalue weighted by Crippen LogP contribution is 2.13. The van der Waals surface area contributed by atoms with Gasteiger partial charge in [-0.25, -0.2) is 0 Å². The molecule has 0 aliphatic carbocycles. The van der Waals surface area contributed by atoms with Gasteiger partial charge in [-0.05, 0) is 36.1 Å². The van der Waals surface area contributed by atoms with Gasteiger partial charge in [0.25, 0.3) is 0 Å². The Hall–Kier alpha value is -1.11. The lowest BCUT2D eigenvalue weighted by atomic mass is 10.0. The Bertz CT molecular complexity index is 300. The number of benzene rings is 1. The third-order valence-electron chi connectivity index (χ3n) is 1.95. The summed E-state index contributed by atoms with van der Waals surface area (Å²) in [4.78, 5) is 4.21. The molecule has 0 N–H and O–H groups in total. The molecule has 11 heavy (non-hydrogen) atoms. The van der Waals surface area contributed by atoms with E-state index in [0.717, 1.165) is 18.5 Å². The highest BCUT2D eigenvalue weighted by Gasteiger charge is 2.03. The molecule has 0 saturated heterocycles. The Morgan fingerprint density at radius 1 is 1.36 bits per heavy atom. The van der Waals surface area contributed by atoms with Crippen LogP contribution < -0.4 is 0 Å². The molecule has 0 saturated carbocycles. The Labute approximate surface area is 66.8 Å². The quantitative estimate of drug-likeness (QED) is 0.527. The smallest absolute Gasteiger partial charge is 0.0430 e. The van der Waals surface area contributed by atoms with Crippen molar-refractivity contribution in [3.63, 3.8) is 0 Å². The molecule has 0 spiro atoms. The van der Waals surface area contributed by atoms with Gasteiger partial charge in [-0.2, -0.15) is 0 Å². The van der Waals surface area contributed by atoms with Gasteiger partial charge >= 0.3 is 0 Å². The van der Waals surface area contributed by atoms with Crippen LogP contribution in [0.15, 0.2) is 23.2 Å². The lowest BCUT2D eigenvalue weighted by Crippen LogP contribution is -2.02. The molecule has 0 unspecified atom stereocenters. The van der Waals surface area contributed by atoms with Crippen LogP contribution in [0.25, 0.3) is 0 Å². The molecule has 55 valence electrons. The van der Waals surface area contributed by atoms with Crippen molar-refractivity contribution in [2.75, 3.05) is 6.54 Å². The van der Waals surface area contributed by atoms with E-state index in [2.05, 4.69) is 30.1 Å². The molecular weight excluding hydrogens is 134 g/mol. The maximum Gasteiger partial charge on any atom is 0.0430 e. The normalized spacial score (nSPS) is 14.6. The average Bonchev–Trinajstić information content (AvgIpc) is 2.04. The van der Waals surface area contributed by atoms with E-state index in [-0.39, 0.29) is 0 Å². The lowest BCUT2D eigenvalue weighted by Gasteiger charge is -2.09. The van der Waals surface area contributed by atoms with Crippen molar-refractivity contribution >= 4 is 6.21 Å². The summed E-state index contributed by atoms with van der Waals surface area (Å²) in [7, 11) is 0. The molecule has 0 bridgehead atoms. The minimum atomic E-state index is 0.934. The van der Waals surface area contributed by atoms with Gasteiger partial charge in [0.1, 0.15) is 0 Å². The van der Waals surface area contributed by atoms with Crippen molar-refractivity contribution in [3.8, 4) is 0 Å². The van der Waals surface area contributed by atoms with Gasteiger partial charge in [-0.3, -0.25) is 4.99 Å². The zero-order valence-corrected chi connectivity index (χ0v) is 6.38. The Balaban J connectivity index is 2.54. The lowest BCUT2D eigenvalue weighted by molar-refractivity contribution is 0.952. The average molecular weight is 144 g/mol. The fourth-order valence-electron chi connectivity index (χ4n) is 1.34. The molecule has 1 nitrogen and oxygen atoms in total. The summed E-state index contributed by atoms with van der Waals surface area (Å²) in [6, 6.07) is 6.28. The molecule has 2 rings (SSSR count). The molecule has 0 atom stereocenters. The number of aliphatic imine (C=N–C) groups is 1. The fourth-order valence-corrected chi connectivity index (χ4v) is 1.34. The van der Waals surface area contributed by atoms with Crippen LogP contribution in [0.4, 0.5) is 0 Å². The van der Waals surface area contributed by atoms with Gasteiger partial charge in [0.05, 0.1) is 0 Å². The van der Waals surface area contributed by atoms with Gasteiger partial charge in [0, 0.05) is 12.8 Å². The summed E-state index contributed by atoms with van der Waals surface area (Å²) in [5, 5.41) is 0. The van der Waals surface area contributed by atoms with Gasteiger partial charge in [-0.1, -0.05) is 12.1 Å². The van der Waals surface area contributed by atoms with E-state index in [1.165, 1.54) is 11.1 Å². The van der Waals surface area contributed by atoms with E-state index in [4.69, 9.17) is 0 Å². The van der Waals surface area contributed by atoms with E-state index >= 15 is 0 Å². The summed E-state index contributed by atoms with van der Waals surface area (Å²) in [5.74, 6) is 0. The maximum absolute atomic E-state index is 4.21. The van der Waals surface area contributed by atoms with E-state index < -0.39 is 0 Å². The minimum absolute atomic E-state index is 0.934. The Morgan fingerprint density at radius 2 is 2.27 bits per heavy atom. The molecule has 1 aliphatic rings. The van der Waals surface area contributed by atoms with E-state index in [0.29, 0.717) is 0 Å². The largest absolute Gasteiger partial charge is 0.292 e. The third-order valence-corrected chi connectivity index (χ3v) is 1.95. The fraction of sp³-hybridized carbons (Fsp3) is 0.200. The topological polar surface area (TPSA) is 12.4 Å². The van der Waals surface area contributed by atoms with Crippen LogP contribution in [0.5, 0.6) is 0 Å². The first-order valence-corrected chi connectivity index (χ1v) is 3.81. The number of nitrogens with zero attached hydrogens (tertiary/aromatic N) is 1. The zero-order chi connectivity index (χ0) is 7.68. The molecule has 1 heteroatoms. The first-order chi connectivity index (χ1) is 5.36. The zero-order valence-electron chi connectivity index (χ0n) is 6.38. The van der Waals surface area contributed by atoms with Crippen LogP contribution in [0.2, 0.25) is 0 Å². The SMILES string of the molecule is [CH2]c1ccc2c(c1)C=NCC2. The summed E-state index contributed by atoms with van der Waals surface area (Å²) in [5.41, 5.74) is 3.70. The molecular formula is C10H10N. The minimum Gasteiger partial charge on any atom is -0.292 e. The van der Waals surface area contributed by atoms with Gasteiger partial charge in [0.2, 0.25) is 0 Å². The molecule has 1 aromatic carbocycles.